The van der Waals surface area contributed by atoms with Crippen molar-refractivity contribution in [2.45, 2.75) is 102 Å². The molecule has 30 heavy (non-hydrogen) atoms. The summed E-state index contributed by atoms with van der Waals surface area (Å²) < 4.78 is 18.6. The molecule has 0 radical (unpaired) electrons. The lowest BCUT2D eigenvalue weighted by atomic mass is 10.0. The van der Waals surface area contributed by atoms with Crippen LogP contribution in [-0.2, 0) is 14.2 Å². The number of aliphatic hydroxyl groups excluding tert-OH is 3. The molecule has 4 atom stereocenters. The van der Waals surface area contributed by atoms with Gasteiger partial charge in [-0.3, -0.25) is 0 Å². The topological polar surface area (TPSA) is 100 Å². The van der Waals surface area contributed by atoms with Crippen molar-refractivity contribution in [3.05, 3.63) is 0 Å². The fraction of sp³-hybridized carbons (Fsp3) is 1.00. The molecule has 1 aliphatic carbocycles. The van der Waals surface area contributed by atoms with Crippen LogP contribution in [0.2, 0.25) is 0 Å². The lowest BCUT2D eigenvalue weighted by Crippen LogP contribution is -2.52. The number of hydrogen-bond donors (Lipinski definition) is 4. The fourth-order valence-electron chi connectivity index (χ4n) is 4.00. The maximum absolute atomic E-state index is 9.19. The average molecular weight is 434 g/mol. The van der Waals surface area contributed by atoms with Crippen LogP contribution in [0.3, 0.4) is 0 Å². The van der Waals surface area contributed by atoms with Gasteiger partial charge in [-0.05, 0) is 51.5 Å². The first-order chi connectivity index (χ1) is 14.8. The molecule has 0 bridgehead atoms. The Balaban J connectivity index is 2.76. The highest BCUT2D eigenvalue weighted by Crippen LogP contribution is 2.27. The van der Waals surface area contributed by atoms with Crippen LogP contribution in [-0.4, -0.2) is 85.9 Å². The second-order valence-electron chi connectivity index (χ2n) is 8.22. The Hall–Kier alpha value is -0.280. The second kappa shape index (κ2) is 19.4. The molecule has 1 rings (SSSR count). The van der Waals surface area contributed by atoms with Gasteiger partial charge in [-0.25, -0.2) is 0 Å². The van der Waals surface area contributed by atoms with Gasteiger partial charge in [0.05, 0.1) is 6.10 Å². The van der Waals surface area contributed by atoms with Gasteiger partial charge in [0.1, 0.15) is 12.2 Å². The van der Waals surface area contributed by atoms with Crippen LogP contribution in [0, 0.1) is 0 Å². The monoisotopic (exact) mass is 433 g/mol. The number of rotatable bonds is 19. The van der Waals surface area contributed by atoms with Gasteiger partial charge in [0.2, 0.25) is 0 Å². The molecule has 1 fully saturated rings. The number of unbranched alkanes of at least 4 members (excludes halogenated alkanes) is 4. The van der Waals surface area contributed by atoms with Crippen molar-refractivity contribution in [2.75, 3.05) is 46.2 Å². The first-order valence-electron chi connectivity index (χ1n) is 12.2. The summed E-state index contributed by atoms with van der Waals surface area (Å²) in [6, 6.07) is 0.181. The summed E-state index contributed by atoms with van der Waals surface area (Å²) in [6.07, 6.45) is 10.5. The Morgan fingerprint density at radius 3 is 1.93 bits per heavy atom. The number of aliphatic hydroxyl groups is 3. The third kappa shape index (κ3) is 11.9. The van der Waals surface area contributed by atoms with E-state index >= 15 is 0 Å². The van der Waals surface area contributed by atoms with Crippen molar-refractivity contribution >= 4 is 0 Å². The van der Waals surface area contributed by atoms with Gasteiger partial charge >= 0.3 is 0 Å². The highest BCUT2D eigenvalue weighted by molar-refractivity contribution is 4.92. The Morgan fingerprint density at radius 1 is 0.700 bits per heavy atom. The predicted octanol–water partition coefficient (Wildman–Crippen LogP) is 2.40. The minimum absolute atomic E-state index is 0.0919. The highest BCUT2D eigenvalue weighted by atomic mass is 16.6. The van der Waals surface area contributed by atoms with Crippen LogP contribution in [0.4, 0.5) is 0 Å². The van der Waals surface area contributed by atoms with Crippen LogP contribution < -0.4 is 5.32 Å². The van der Waals surface area contributed by atoms with Gasteiger partial charge in [-0.1, -0.05) is 32.6 Å². The molecule has 4 N–H and O–H groups in total. The van der Waals surface area contributed by atoms with E-state index in [0.29, 0.717) is 39.1 Å². The van der Waals surface area contributed by atoms with E-state index in [-0.39, 0.29) is 44.2 Å². The molecular weight excluding hydrogens is 386 g/mol. The van der Waals surface area contributed by atoms with E-state index in [0.717, 1.165) is 32.2 Å². The molecule has 0 aliphatic heterocycles. The van der Waals surface area contributed by atoms with Gasteiger partial charge in [0, 0.05) is 45.7 Å². The quantitative estimate of drug-likeness (QED) is 0.183. The Morgan fingerprint density at radius 2 is 1.30 bits per heavy atom. The number of hydrogen-bond acceptors (Lipinski definition) is 7. The summed E-state index contributed by atoms with van der Waals surface area (Å²) >= 11 is 0. The Kier molecular flexibility index (Phi) is 18.0. The van der Waals surface area contributed by atoms with E-state index in [1.165, 1.54) is 25.7 Å². The van der Waals surface area contributed by atoms with E-state index < -0.39 is 0 Å². The van der Waals surface area contributed by atoms with Gasteiger partial charge in [-0.15, -0.1) is 0 Å². The van der Waals surface area contributed by atoms with Gasteiger partial charge in [-0.2, -0.15) is 0 Å². The van der Waals surface area contributed by atoms with E-state index in [1.807, 2.05) is 0 Å². The molecule has 0 aromatic carbocycles. The molecule has 0 aromatic heterocycles. The third-order valence-electron chi connectivity index (χ3n) is 5.64. The first-order valence-corrected chi connectivity index (χ1v) is 12.2. The Labute approximate surface area is 183 Å². The molecule has 0 heterocycles. The SMILES string of the molecule is CCCCCCCNC1CCCC(OCCCO)C(OCCCO)C1OCCCO. The molecule has 1 saturated carbocycles. The maximum Gasteiger partial charge on any atom is 0.111 e. The molecule has 7 nitrogen and oxygen atoms in total. The van der Waals surface area contributed by atoms with Crippen molar-refractivity contribution in [1.82, 2.24) is 5.32 Å². The zero-order valence-electron chi connectivity index (χ0n) is 19.1. The smallest absolute Gasteiger partial charge is 0.111 e. The highest BCUT2D eigenvalue weighted by Gasteiger charge is 2.39. The third-order valence-corrected chi connectivity index (χ3v) is 5.64. The summed E-state index contributed by atoms with van der Waals surface area (Å²) in [4.78, 5) is 0. The van der Waals surface area contributed by atoms with Crippen molar-refractivity contribution in [1.29, 1.82) is 0 Å². The van der Waals surface area contributed by atoms with Crippen LogP contribution >= 0.6 is 0 Å². The van der Waals surface area contributed by atoms with E-state index in [2.05, 4.69) is 12.2 Å². The predicted molar refractivity (Wildman–Crippen MR) is 119 cm³/mol. The molecule has 0 amide bonds. The summed E-state index contributed by atoms with van der Waals surface area (Å²) in [5, 5.41) is 31.2. The van der Waals surface area contributed by atoms with Gasteiger partial charge in [0.15, 0.2) is 0 Å². The standard InChI is InChI=1S/C23H47NO6/c1-2-3-4-5-6-13-24-20-11-7-12-21(28-17-8-14-25)23(30-19-10-16-27)22(20)29-18-9-15-26/h20-27H,2-19H2,1H3. The summed E-state index contributed by atoms with van der Waals surface area (Å²) in [5.74, 6) is 0. The fourth-order valence-corrected chi connectivity index (χ4v) is 4.00. The second-order valence-corrected chi connectivity index (χ2v) is 8.22. The average Bonchev–Trinajstić information content (AvgIpc) is 2.91. The van der Waals surface area contributed by atoms with Crippen LogP contribution in [0.25, 0.3) is 0 Å². The molecule has 180 valence electrons. The summed E-state index contributed by atoms with van der Waals surface area (Å²) in [6.45, 7) is 4.96. The van der Waals surface area contributed by atoms with E-state index in [1.54, 1.807) is 0 Å². The molecule has 4 unspecified atom stereocenters. The van der Waals surface area contributed by atoms with Crippen molar-refractivity contribution in [3.63, 3.8) is 0 Å². The number of nitrogens with one attached hydrogen (secondary N) is 1. The molecule has 7 heteroatoms. The molecule has 0 saturated heterocycles. The molecule has 1 aliphatic rings. The maximum atomic E-state index is 9.19. The normalized spacial score (nSPS) is 24.8. The van der Waals surface area contributed by atoms with Crippen LogP contribution in [0.15, 0.2) is 0 Å². The lowest BCUT2D eigenvalue weighted by Gasteiger charge is -2.35. The first kappa shape index (κ1) is 27.8. The summed E-state index contributed by atoms with van der Waals surface area (Å²) in [5.41, 5.74) is 0. The minimum atomic E-state index is -0.228. The molecule has 0 aromatic rings. The minimum Gasteiger partial charge on any atom is -0.396 e. The zero-order valence-corrected chi connectivity index (χ0v) is 19.1. The molecule has 0 spiro atoms. The zero-order chi connectivity index (χ0) is 21.9. The van der Waals surface area contributed by atoms with E-state index in [4.69, 9.17) is 19.3 Å². The largest absolute Gasteiger partial charge is 0.396 e. The Bertz CT molecular complexity index is 374. The number of ether oxygens (including phenoxy) is 3. The van der Waals surface area contributed by atoms with Crippen molar-refractivity contribution in [3.8, 4) is 0 Å². The van der Waals surface area contributed by atoms with Gasteiger partial charge < -0.3 is 34.8 Å². The van der Waals surface area contributed by atoms with Crippen LogP contribution in [0.5, 0.6) is 0 Å². The summed E-state index contributed by atoms with van der Waals surface area (Å²) in [7, 11) is 0. The van der Waals surface area contributed by atoms with Crippen molar-refractivity contribution in [2.24, 2.45) is 0 Å². The van der Waals surface area contributed by atoms with Crippen LogP contribution in [0.1, 0.15) is 77.6 Å². The lowest BCUT2D eigenvalue weighted by molar-refractivity contribution is -0.146. The van der Waals surface area contributed by atoms with E-state index in [9.17, 15) is 10.2 Å². The van der Waals surface area contributed by atoms with Crippen molar-refractivity contribution < 1.29 is 29.5 Å². The molecular formula is C23H47NO6. The van der Waals surface area contributed by atoms with Gasteiger partial charge in [0.25, 0.3) is 0 Å².